The van der Waals surface area contributed by atoms with Crippen molar-refractivity contribution < 1.29 is 47.4 Å². The summed E-state index contributed by atoms with van der Waals surface area (Å²) in [6.45, 7) is -0.701. The summed E-state index contributed by atoms with van der Waals surface area (Å²) in [7, 11) is 0. The zero-order chi connectivity index (χ0) is 10.1. The monoisotopic (exact) mass is 229 g/mol. The molecule has 0 rings (SSSR count). The average Bonchev–Trinajstić information content (AvgIpc) is 2.17. The second-order valence-electron chi connectivity index (χ2n) is 1.69. The van der Waals surface area contributed by atoms with Crippen molar-refractivity contribution in [1.29, 1.82) is 0 Å². The van der Waals surface area contributed by atoms with Crippen LogP contribution in [0, 0.1) is 6.26 Å². The van der Waals surface area contributed by atoms with E-state index >= 15 is 0 Å². The molecule has 6 nitrogen and oxygen atoms in total. The molecule has 68 valence electrons. The van der Waals surface area contributed by atoms with Gasteiger partial charge in [0.2, 0.25) is 0 Å². The SMILES string of the molecule is O[C-]=C(O)[C@H](O)[C@@H](O)CO.[O]=[Zn]. The van der Waals surface area contributed by atoms with E-state index < -0.39 is 24.6 Å². The number of aliphatic hydroxyl groups excluding tert-OH is 5. The van der Waals surface area contributed by atoms with E-state index in [-0.39, 0.29) is 18.3 Å². The Morgan fingerprint density at radius 3 is 2.08 bits per heavy atom. The first-order chi connectivity index (χ1) is 5.63. The molecule has 0 amide bonds. The molecule has 0 saturated heterocycles. The minimum atomic E-state index is -1.69. The molecule has 0 bridgehead atoms. The topological polar surface area (TPSA) is 118 Å². The maximum atomic E-state index is 8.67. The van der Waals surface area contributed by atoms with Gasteiger partial charge in [0.25, 0.3) is 0 Å². The van der Waals surface area contributed by atoms with Gasteiger partial charge in [0, 0.05) is 0 Å². The summed E-state index contributed by atoms with van der Waals surface area (Å²) in [5.41, 5.74) is 0. The molecule has 0 saturated carbocycles. The molecule has 0 aromatic carbocycles. The third kappa shape index (κ3) is 5.31. The molecule has 0 aromatic rings. The van der Waals surface area contributed by atoms with E-state index in [1.807, 2.05) is 0 Å². The summed E-state index contributed by atoms with van der Waals surface area (Å²) < 4.78 is 8.38. The van der Waals surface area contributed by atoms with E-state index in [1.165, 1.54) is 6.26 Å². The van der Waals surface area contributed by atoms with Gasteiger partial charge in [-0.2, -0.15) is 0 Å². The summed E-state index contributed by atoms with van der Waals surface area (Å²) >= 11 is 0.125. The molecule has 0 spiro atoms. The zero-order valence-electron chi connectivity index (χ0n) is 6.21. The Balaban J connectivity index is 0. The summed E-state index contributed by atoms with van der Waals surface area (Å²) in [5.74, 6) is -0.901. The van der Waals surface area contributed by atoms with Crippen molar-refractivity contribution in [3.8, 4) is 0 Å². The molecule has 0 aliphatic heterocycles. The van der Waals surface area contributed by atoms with Gasteiger partial charge in [0.15, 0.2) is 0 Å². The molecule has 0 fully saturated rings. The van der Waals surface area contributed by atoms with Gasteiger partial charge < -0.3 is 25.5 Å². The van der Waals surface area contributed by atoms with E-state index in [1.54, 1.807) is 0 Å². The van der Waals surface area contributed by atoms with Crippen LogP contribution in [-0.2, 0) is 21.8 Å². The van der Waals surface area contributed by atoms with Gasteiger partial charge >= 0.3 is 21.8 Å². The standard InChI is InChI=1S/C5H9O5.O.Zn/c6-1-3(8)5(10)4(9)2-7;;/h3,5-10H,1H2;;/q-1;;/t3-,5+;;/m0../s1. The average molecular weight is 231 g/mol. The Morgan fingerprint density at radius 2 is 1.83 bits per heavy atom. The van der Waals surface area contributed by atoms with E-state index in [2.05, 4.69) is 0 Å². The van der Waals surface area contributed by atoms with Gasteiger partial charge in [-0.1, -0.05) is 0 Å². The van der Waals surface area contributed by atoms with Crippen molar-refractivity contribution >= 4 is 0 Å². The minimum absolute atomic E-state index is 0.125. The number of rotatable bonds is 3. The van der Waals surface area contributed by atoms with Crippen LogP contribution >= 0.6 is 0 Å². The van der Waals surface area contributed by atoms with Crippen molar-refractivity contribution in [3.05, 3.63) is 12.0 Å². The molecule has 0 radical (unpaired) electrons. The number of aliphatic hydroxyl groups is 5. The van der Waals surface area contributed by atoms with E-state index in [0.717, 1.165) is 0 Å². The van der Waals surface area contributed by atoms with Gasteiger partial charge in [-0.25, -0.2) is 0 Å². The summed E-state index contributed by atoms with van der Waals surface area (Å²) in [6.07, 6.45) is -1.95. The van der Waals surface area contributed by atoms with Crippen molar-refractivity contribution in [2.45, 2.75) is 12.2 Å². The summed E-state index contributed by atoms with van der Waals surface area (Å²) in [4.78, 5) is 0. The second kappa shape index (κ2) is 8.74. The fourth-order valence-electron chi connectivity index (χ4n) is 0.348. The van der Waals surface area contributed by atoms with E-state index in [9.17, 15) is 0 Å². The van der Waals surface area contributed by atoms with Crippen LogP contribution in [0.4, 0.5) is 0 Å². The Morgan fingerprint density at radius 1 is 1.42 bits per heavy atom. The predicted molar refractivity (Wildman–Crippen MR) is 31.8 cm³/mol. The van der Waals surface area contributed by atoms with Crippen LogP contribution in [0.15, 0.2) is 5.76 Å². The van der Waals surface area contributed by atoms with Gasteiger partial charge in [-0.05, 0) is 5.76 Å². The first-order valence-electron chi connectivity index (χ1n) is 2.85. The van der Waals surface area contributed by atoms with Crippen molar-refractivity contribution in [1.82, 2.24) is 0 Å². The van der Waals surface area contributed by atoms with Gasteiger partial charge in [0.05, 0.1) is 6.61 Å². The van der Waals surface area contributed by atoms with Crippen molar-refractivity contribution in [2.75, 3.05) is 6.61 Å². The molecule has 0 unspecified atom stereocenters. The normalized spacial score (nSPS) is 15.9. The van der Waals surface area contributed by atoms with Crippen molar-refractivity contribution in [2.24, 2.45) is 0 Å². The molecule has 7 heteroatoms. The zero-order valence-corrected chi connectivity index (χ0v) is 9.18. The fraction of sp³-hybridized carbons (Fsp3) is 0.600. The molecular formula is C5H9O6Zn-. The van der Waals surface area contributed by atoms with Crippen LogP contribution in [0.3, 0.4) is 0 Å². The molecule has 2 atom stereocenters. The van der Waals surface area contributed by atoms with Crippen LogP contribution < -0.4 is 0 Å². The van der Waals surface area contributed by atoms with Gasteiger partial charge in [-0.3, -0.25) is 6.26 Å². The molecule has 0 aromatic heterocycles. The summed E-state index contributed by atoms with van der Waals surface area (Å²) in [6, 6.07) is 0. The Kier molecular flexibility index (Phi) is 10.3. The number of hydrogen-bond donors (Lipinski definition) is 5. The van der Waals surface area contributed by atoms with Gasteiger partial charge in [-0.15, -0.1) is 0 Å². The third-order valence-corrected chi connectivity index (χ3v) is 0.946. The Hall–Kier alpha value is -0.357. The second-order valence-corrected chi connectivity index (χ2v) is 1.69. The van der Waals surface area contributed by atoms with Crippen molar-refractivity contribution in [3.63, 3.8) is 0 Å². The molecule has 5 N–H and O–H groups in total. The van der Waals surface area contributed by atoms with Crippen LogP contribution in [0.25, 0.3) is 0 Å². The first kappa shape index (κ1) is 14.2. The van der Waals surface area contributed by atoms with Gasteiger partial charge in [0.1, 0.15) is 12.2 Å². The quantitative estimate of drug-likeness (QED) is 0.225. The maximum absolute atomic E-state index is 8.67. The summed E-state index contributed by atoms with van der Waals surface area (Å²) in [5, 5.41) is 41.9. The van der Waals surface area contributed by atoms with Crippen LogP contribution in [0.2, 0.25) is 0 Å². The molecule has 12 heavy (non-hydrogen) atoms. The van der Waals surface area contributed by atoms with Crippen LogP contribution in [0.5, 0.6) is 0 Å². The third-order valence-electron chi connectivity index (χ3n) is 0.946. The van der Waals surface area contributed by atoms with E-state index in [0.29, 0.717) is 0 Å². The van der Waals surface area contributed by atoms with E-state index in [4.69, 9.17) is 29.1 Å². The predicted octanol–water partition coefficient (Wildman–Crippen LogP) is -1.66. The number of hydrogen-bond acceptors (Lipinski definition) is 6. The van der Waals surface area contributed by atoms with Crippen LogP contribution in [0.1, 0.15) is 0 Å². The first-order valence-corrected chi connectivity index (χ1v) is 4.06. The molecular weight excluding hydrogens is 221 g/mol. The Labute approximate surface area is 78.7 Å². The molecule has 0 aliphatic rings. The molecule has 0 heterocycles. The molecule has 0 aliphatic carbocycles. The fourth-order valence-corrected chi connectivity index (χ4v) is 0.348. The Bertz CT molecular complexity index is 138. The van der Waals surface area contributed by atoms with Crippen LogP contribution in [-0.4, -0.2) is 44.3 Å².